The molecule has 3 aromatic rings. The smallest absolute Gasteiger partial charge is 0.224 e. The number of rotatable bonds is 5. The number of nitrogens with zero attached hydrogens (tertiary/aromatic N) is 2. The number of benzene rings is 2. The Labute approximate surface area is 169 Å². The van der Waals surface area contributed by atoms with Crippen LogP contribution in [0.1, 0.15) is 25.3 Å². The number of hydrogen-bond acceptors (Lipinski definition) is 3. The highest BCUT2D eigenvalue weighted by molar-refractivity contribution is 5.81. The molecular formula is C23H25FN4O. The first-order valence-corrected chi connectivity index (χ1v) is 10.0. The third-order valence-corrected chi connectivity index (χ3v) is 5.39. The van der Waals surface area contributed by atoms with Crippen LogP contribution in [-0.4, -0.2) is 34.3 Å². The van der Waals surface area contributed by atoms with Gasteiger partial charge in [0.05, 0.1) is 17.8 Å². The molecule has 1 fully saturated rings. The van der Waals surface area contributed by atoms with Gasteiger partial charge in [-0.3, -0.25) is 4.79 Å². The Balaban J connectivity index is 1.61. The van der Waals surface area contributed by atoms with E-state index in [1.165, 1.54) is 12.1 Å². The Morgan fingerprint density at radius 1 is 1.21 bits per heavy atom. The Morgan fingerprint density at radius 3 is 2.69 bits per heavy atom. The molecule has 2 N–H and O–H groups in total. The highest BCUT2D eigenvalue weighted by Crippen LogP contribution is 2.25. The van der Waals surface area contributed by atoms with Gasteiger partial charge in [0.15, 0.2) is 0 Å². The largest absolute Gasteiger partial charge is 0.352 e. The Hall–Kier alpha value is -2.99. The van der Waals surface area contributed by atoms with Crippen molar-refractivity contribution < 1.29 is 9.18 Å². The Bertz CT molecular complexity index is 968. The number of piperidine rings is 1. The van der Waals surface area contributed by atoms with Gasteiger partial charge < -0.3 is 10.6 Å². The molecule has 29 heavy (non-hydrogen) atoms. The van der Waals surface area contributed by atoms with E-state index in [1.54, 1.807) is 16.8 Å². The minimum absolute atomic E-state index is 0.0264. The molecule has 0 bridgehead atoms. The first-order valence-electron chi connectivity index (χ1n) is 10.0. The lowest BCUT2D eigenvalue weighted by molar-refractivity contribution is -0.121. The van der Waals surface area contributed by atoms with Crippen LogP contribution in [0.4, 0.5) is 4.39 Å². The number of carbonyl (C=O) groups is 1. The van der Waals surface area contributed by atoms with Gasteiger partial charge in [-0.05, 0) is 62.7 Å². The lowest BCUT2D eigenvalue weighted by Crippen LogP contribution is -2.52. The quantitative estimate of drug-likeness (QED) is 0.699. The predicted molar refractivity (Wildman–Crippen MR) is 111 cm³/mol. The van der Waals surface area contributed by atoms with E-state index < -0.39 is 0 Å². The maximum absolute atomic E-state index is 13.4. The fraction of sp³-hybridized carbons (Fsp3) is 0.304. The van der Waals surface area contributed by atoms with Crippen molar-refractivity contribution in [2.24, 2.45) is 0 Å². The standard InChI is InChI=1S/C23H25FN4O/c1-16-21(8-5-13-25-16)26-22(29)14-18-15-28(20-6-3-2-4-7-20)27-23(18)17-9-11-19(24)12-10-17/h2-4,6-7,9-12,15-16,21,25H,5,8,13-14H2,1H3,(H,26,29). The van der Waals surface area contributed by atoms with E-state index in [2.05, 4.69) is 17.6 Å². The van der Waals surface area contributed by atoms with Gasteiger partial charge in [0, 0.05) is 29.4 Å². The number of halogens is 1. The molecule has 1 aromatic heterocycles. The van der Waals surface area contributed by atoms with Crippen LogP contribution in [0, 0.1) is 5.82 Å². The Morgan fingerprint density at radius 2 is 1.97 bits per heavy atom. The van der Waals surface area contributed by atoms with Crippen molar-refractivity contribution in [1.82, 2.24) is 20.4 Å². The summed E-state index contributed by atoms with van der Waals surface area (Å²) in [5.74, 6) is -0.323. The minimum atomic E-state index is -0.297. The van der Waals surface area contributed by atoms with Gasteiger partial charge in [0.1, 0.15) is 5.82 Å². The fourth-order valence-electron chi connectivity index (χ4n) is 3.77. The molecule has 2 unspecified atom stereocenters. The molecule has 0 saturated carbocycles. The van der Waals surface area contributed by atoms with Gasteiger partial charge in [0.2, 0.25) is 5.91 Å². The highest BCUT2D eigenvalue weighted by Gasteiger charge is 2.23. The van der Waals surface area contributed by atoms with E-state index in [1.807, 2.05) is 36.5 Å². The third kappa shape index (κ3) is 4.54. The van der Waals surface area contributed by atoms with Crippen molar-refractivity contribution in [3.63, 3.8) is 0 Å². The van der Waals surface area contributed by atoms with Crippen molar-refractivity contribution in [1.29, 1.82) is 0 Å². The molecule has 1 amide bonds. The number of nitrogens with one attached hydrogen (secondary N) is 2. The molecule has 0 aliphatic carbocycles. The summed E-state index contributed by atoms with van der Waals surface area (Å²) in [6.45, 7) is 3.09. The van der Waals surface area contributed by atoms with Crippen LogP contribution in [0.5, 0.6) is 0 Å². The summed E-state index contributed by atoms with van der Waals surface area (Å²) in [5, 5.41) is 11.3. The normalized spacial score (nSPS) is 19.1. The molecule has 0 radical (unpaired) electrons. The number of para-hydroxylation sites is 1. The van der Waals surface area contributed by atoms with Gasteiger partial charge in [0.25, 0.3) is 0 Å². The molecule has 5 nitrogen and oxygen atoms in total. The van der Waals surface area contributed by atoms with E-state index in [-0.39, 0.29) is 30.2 Å². The molecule has 2 heterocycles. The molecule has 4 rings (SSSR count). The molecule has 6 heteroatoms. The first-order chi connectivity index (χ1) is 14.1. The van der Waals surface area contributed by atoms with E-state index in [0.717, 1.165) is 36.2 Å². The molecule has 150 valence electrons. The number of hydrogen-bond donors (Lipinski definition) is 2. The molecule has 1 aliphatic rings. The second kappa shape index (κ2) is 8.57. The van der Waals surface area contributed by atoms with Gasteiger partial charge in [-0.25, -0.2) is 9.07 Å². The van der Waals surface area contributed by atoms with Crippen molar-refractivity contribution >= 4 is 5.91 Å². The molecule has 1 saturated heterocycles. The summed E-state index contributed by atoms with van der Waals surface area (Å²) in [6.07, 6.45) is 4.15. The average molecular weight is 392 g/mol. The number of carbonyl (C=O) groups excluding carboxylic acids is 1. The van der Waals surface area contributed by atoms with Crippen LogP contribution >= 0.6 is 0 Å². The van der Waals surface area contributed by atoms with Crippen molar-refractivity contribution in [2.45, 2.75) is 38.3 Å². The van der Waals surface area contributed by atoms with Crippen LogP contribution in [0.25, 0.3) is 16.9 Å². The van der Waals surface area contributed by atoms with Gasteiger partial charge >= 0.3 is 0 Å². The maximum atomic E-state index is 13.4. The van der Waals surface area contributed by atoms with Crippen LogP contribution in [-0.2, 0) is 11.2 Å². The summed E-state index contributed by atoms with van der Waals surface area (Å²) < 4.78 is 15.2. The Kier molecular flexibility index (Phi) is 5.71. The SMILES string of the molecule is CC1NCCCC1NC(=O)Cc1cn(-c2ccccc2)nc1-c1ccc(F)cc1. The predicted octanol–water partition coefficient (Wildman–Crippen LogP) is 3.48. The first kappa shape index (κ1) is 19.3. The van der Waals surface area contributed by atoms with Crippen LogP contribution in [0.15, 0.2) is 60.8 Å². The van der Waals surface area contributed by atoms with Gasteiger partial charge in [-0.2, -0.15) is 5.10 Å². The van der Waals surface area contributed by atoms with E-state index in [0.29, 0.717) is 5.69 Å². The van der Waals surface area contributed by atoms with E-state index in [9.17, 15) is 9.18 Å². The third-order valence-electron chi connectivity index (χ3n) is 5.39. The zero-order valence-corrected chi connectivity index (χ0v) is 16.4. The van der Waals surface area contributed by atoms with Crippen molar-refractivity contribution in [3.05, 3.63) is 72.2 Å². The van der Waals surface area contributed by atoms with Crippen LogP contribution in [0.2, 0.25) is 0 Å². The number of amides is 1. The van der Waals surface area contributed by atoms with Crippen molar-refractivity contribution in [3.8, 4) is 16.9 Å². The lowest BCUT2D eigenvalue weighted by atomic mass is 9.99. The van der Waals surface area contributed by atoms with Crippen molar-refractivity contribution in [2.75, 3.05) is 6.54 Å². The number of aromatic nitrogens is 2. The second-order valence-electron chi connectivity index (χ2n) is 7.53. The van der Waals surface area contributed by atoms with E-state index >= 15 is 0 Å². The van der Waals surface area contributed by atoms with E-state index in [4.69, 9.17) is 5.10 Å². The fourth-order valence-corrected chi connectivity index (χ4v) is 3.77. The topological polar surface area (TPSA) is 58.9 Å². The lowest BCUT2D eigenvalue weighted by Gasteiger charge is -2.30. The van der Waals surface area contributed by atoms with Gasteiger partial charge in [-0.1, -0.05) is 18.2 Å². The van der Waals surface area contributed by atoms with Crippen LogP contribution in [0.3, 0.4) is 0 Å². The molecule has 2 aromatic carbocycles. The summed E-state index contributed by atoms with van der Waals surface area (Å²) >= 11 is 0. The monoisotopic (exact) mass is 392 g/mol. The molecular weight excluding hydrogens is 367 g/mol. The minimum Gasteiger partial charge on any atom is -0.352 e. The second-order valence-corrected chi connectivity index (χ2v) is 7.53. The molecule has 2 atom stereocenters. The highest BCUT2D eigenvalue weighted by atomic mass is 19.1. The molecule has 1 aliphatic heterocycles. The maximum Gasteiger partial charge on any atom is 0.224 e. The summed E-state index contributed by atoms with van der Waals surface area (Å²) in [6, 6.07) is 16.4. The summed E-state index contributed by atoms with van der Waals surface area (Å²) in [7, 11) is 0. The summed E-state index contributed by atoms with van der Waals surface area (Å²) in [5.41, 5.74) is 3.21. The molecule has 0 spiro atoms. The summed E-state index contributed by atoms with van der Waals surface area (Å²) in [4.78, 5) is 12.8. The zero-order chi connectivity index (χ0) is 20.2. The van der Waals surface area contributed by atoms with Crippen LogP contribution < -0.4 is 10.6 Å². The zero-order valence-electron chi connectivity index (χ0n) is 16.4. The average Bonchev–Trinajstić information content (AvgIpc) is 3.14. The van der Waals surface area contributed by atoms with Gasteiger partial charge in [-0.15, -0.1) is 0 Å².